The van der Waals surface area contributed by atoms with Gasteiger partial charge >= 0.3 is 5.97 Å². The maximum atomic E-state index is 12.2. The number of benzene rings is 1. The standard InChI is InChI=1S/C15H16N2O5/c1-17-11(8-9-4-6-10(21-2)7-5-9)16-12(15(19)20)13(22-3)14(17)18/h4-7H,8H2,1-3H3,(H,19,20). The zero-order valence-corrected chi connectivity index (χ0v) is 12.5. The van der Waals surface area contributed by atoms with Gasteiger partial charge in [-0.3, -0.25) is 9.36 Å². The van der Waals surface area contributed by atoms with Crippen LogP contribution >= 0.6 is 0 Å². The molecule has 0 radical (unpaired) electrons. The van der Waals surface area contributed by atoms with Gasteiger partial charge in [0, 0.05) is 13.5 Å². The second kappa shape index (κ2) is 6.30. The quantitative estimate of drug-likeness (QED) is 0.889. The van der Waals surface area contributed by atoms with Crippen molar-refractivity contribution < 1.29 is 19.4 Å². The van der Waals surface area contributed by atoms with E-state index >= 15 is 0 Å². The van der Waals surface area contributed by atoms with Crippen molar-refractivity contribution in [1.82, 2.24) is 9.55 Å². The molecule has 1 aromatic heterocycles. The summed E-state index contributed by atoms with van der Waals surface area (Å²) in [5.74, 6) is -0.515. The van der Waals surface area contributed by atoms with Gasteiger partial charge in [-0.15, -0.1) is 0 Å². The minimum Gasteiger partial charge on any atom is -0.497 e. The minimum absolute atomic E-state index is 0.270. The molecule has 1 N–H and O–H groups in total. The van der Waals surface area contributed by atoms with E-state index < -0.39 is 11.5 Å². The average molecular weight is 304 g/mol. The highest BCUT2D eigenvalue weighted by molar-refractivity contribution is 5.88. The molecule has 0 aliphatic carbocycles. The summed E-state index contributed by atoms with van der Waals surface area (Å²) in [6, 6.07) is 7.23. The first kappa shape index (κ1) is 15.6. The van der Waals surface area contributed by atoms with Crippen molar-refractivity contribution in [1.29, 1.82) is 0 Å². The summed E-state index contributed by atoms with van der Waals surface area (Å²) < 4.78 is 11.2. The second-order valence-corrected chi connectivity index (χ2v) is 4.60. The average Bonchev–Trinajstić information content (AvgIpc) is 2.52. The molecule has 0 atom stereocenters. The lowest BCUT2D eigenvalue weighted by Gasteiger charge is -2.11. The van der Waals surface area contributed by atoms with Gasteiger partial charge in [0.25, 0.3) is 5.56 Å². The van der Waals surface area contributed by atoms with Gasteiger partial charge in [0.15, 0.2) is 5.69 Å². The summed E-state index contributed by atoms with van der Waals surface area (Å²) in [5, 5.41) is 9.16. The molecule has 0 bridgehead atoms. The third kappa shape index (κ3) is 2.93. The van der Waals surface area contributed by atoms with Crippen LogP contribution in [0.25, 0.3) is 0 Å². The Morgan fingerprint density at radius 3 is 2.36 bits per heavy atom. The van der Waals surface area contributed by atoms with E-state index in [0.29, 0.717) is 18.0 Å². The number of nitrogens with zero attached hydrogens (tertiary/aromatic N) is 2. The Balaban J connectivity index is 2.46. The zero-order valence-electron chi connectivity index (χ0n) is 12.5. The molecule has 0 saturated heterocycles. The highest BCUT2D eigenvalue weighted by Gasteiger charge is 2.20. The molecular weight excluding hydrogens is 288 g/mol. The predicted octanol–water partition coefficient (Wildman–Crippen LogP) is 1.09. The fraction of sp³-hybridized carbons (Fsp3) is 0.267. The Bertz CT molecular complexity index is 750. The number of aromatic nitrogens is 2. The van der Waals surface area contributed by atoms with Crippen LogP contribution in [0.1, 0.15) is 21.9 Å². The number of carbonyl (C=O) groups is 1. The van der Waals surface area contributed by atoms with Crippen LogP contribution in [-0.2, 0) is 13.5 Å². The van der Waals surface area contributed by atoms with Gasteiger partial charge in [-0.2, -0.15) is 0 Å². The number of rotatable bonds is 5. The molecule has 0 fully saturated rings. The molecule has 1 heterocycles. The van der Waals surface area contributed by atoms with E-state index in [1.165, 1.54) is 18.7 Å². The molecule has 7 heteroatoms. The lowest BCUT2D eigenvalue weighted by Crippen LogP contribution is -2.27. The zero-order chi connectivity index (χ0) is 16.3. The molecule has 0 unspecified atom stereocenters. The SMILES string of the molecule is COc1ccc(Cc2nc(C(=O)O)c(OC)c(=O)n2C)cc1. The van der Waals surface area contributed by atoms with Gasteiger partial charge in [-0.25, -0.2) is 9.78 Å². The molecule has 1 aromatic carbocycles. The van der Waals surface area contributed by atoms with Crippen molar-refractivity contribution in [3.63, 3.8) is 0 Å². The van der Waals surface area contributed by atoms with E-state index in [4.69, 9.17) is 14.6 Å². The summed E-state index contributed by atoms with van der Waals surface area (Å²) >= 11 is 0. The van der Waals surface area contributed by atoms with Gasteiger partial charge < -0.3 is 14.6 Å². The van der Waals surface area contributed by atoms with Crippen LogP contribution in [-0.4, -0.2) is 34.8 Å². The number of carboxylic acid groups (broad SMARTS) is 1. The highest BCUT2D eigenvalue weighted by atomic mass is 16.5. The van der Waals surface area contributed by atoms with Crippen molar-refractivity contribution in [2.24, 2.45) is 7.05 Å². The molecule has 7 nitrogen and oxygen atoms in total. The first-order valence-electron chi connectivity index (χ1n) is 6.48. The van der Waals surface area contributed by atoms with Crippen LogP contribution in [0.2, 0.25) is 0 Å². The number of methoxy groups -OCH3 is 2. The normalized spacial score (nSPS) is 10.3. The van der Waals surface area contributed by atoms with Gasteiger partial charge in [-0.05, 0) is 17.7 Å². The van der Waals surface area contributed by atoms with Crippen LogP contribution in [0.4, 0.5) is 0 Å². The van der Waals surface area contributed by atoms with Gasteiger partial charge in [0.05, 0.1) is 14.2 Å². The maximum Gasteiger partial charge on any atom is 0.358 e. The summed E-state index contributed by atoms with van der Waals surface area (Å²) in [6.45, 7) is 0. The molecule has 0 amide bonds. The molecule has 22 heavy (non-hydrogen) atoms. The lowest BCUT2D eigenvalue weighted by atomic mass is 10.1. The molecule has 0 saturated carbocycles. The number of hydrogen-bond donors (Lipinski definition) is 1. The monoisotopic (exact) mass is 304 g/mol. The molecule has 2 aromatic rings. The molecule has 0 aliphatic rings. The Morgan fingerprint density at radius 2 is 1.86 bits per heavy atom. The Labute approximate surface area is 126 Å². The number of carboxylic acids is 1. The number of hydrogen-bond acceptors (Lipinski definition) is 5. The van der Waals surface area contributed by atoms with Crippen molar-refractivity contribution in [2.75, 3.05) is 14.2 Å². The summed E-state index contributed by atoms with van der Waals surface area (Å²) in [6.07, 6.45) is 0.319. The molecule has 116 valence electrons. The molecule has 0 spiro atoms. The molecular formula is C15H16N2O5. The van der Waals surface area contributed by atoms with Crippen molar-refractivity contribution >= 4 is 5.97 Å². The van der Waals surface area contributed by atoms with E-state index in [-0.39, 0.29) is 11.4 Å². The number of ether oxygens (including phenoxy) is 2. The highest BCUT2D eigenvalue weighted by Crippen LogP contribution is 2.16. The van der Waals surface area contributed by atoms with Crippen LogP contribution in [0, 0.1) is 0 Å². The van der Waals surface area contributed by atoms with Crippen molar-refractivity contribution in [3.05, 3.63) is 51.7 Å². The summed E-state index contributed by atoms with van der Waals surface area (Å²) in [7, 11) is 4.35. The van der Waals surface area contributed by atoms with E-state index in [2.05, 4.69) is 4.98 Å². The topological polar surface area (TPSA) is 90.7 Å². The van der Waals surface area contributed by atoms with Crippen LogP contribution < -0.4 is 15.0 Å². The summed E-state index contributed by atoms with van der Waals surface area (Å²) in [5.41, 5.74) is -0.0303. The van der Waals surface area contributed by atoms with E-state index in [1.54, 1.807) is 19.2 Å². The predicted molar refractivity (Wildman–Crippen MR) is 78.8 cm³/mol. The maximum absolute atomic E-state index is 12.2. The molecule has 0 aliphatic heterocycles. The first-order chi connectivity index (χ1) is 10.5. The van der Waals surface area contributed by atoms with E-state index in [9.17, 15) is 9.59 Å². The van der Waals surface area contributed by atoms with Gasteiger partial charge in [-0.1, -0.05) is 12.1 Å². The Hall–Kier alpha value is -2.83. The van der Waals surface area contributed by atoms with Crippen LogP contribution in [0.5, 0.6) is 11.5 Å². The largest absolute Gasteiger partial charge is 0.497 e. The third-order valence-electron chi connectivity index (χ3n) is 3.27. The van der Waals surface area contributed by atoms with E-state index in [1.807, 2.05) is 12.1 Å². The van der Waals surface area contributed by atoms with Gasteiger partial charge in [0.1, 0.15) is 11.6 Å². The fourth-order valence-corrected chi connectivity index (χ4v) is 2.04. The van der Waals surface area contributed by atoms with Gasteiger partial charge in [0.2, 0.25) is 5.75 Å². The Morgan fingerprint density at radius 1 is 1.23 bits per heavy atom. The smallest absolute Gasteiger partial charge is 0.358 e. The van der Waals surface area contributed by atoms with Crippen molar-refractivity contribution in [3.8, 4) is 11.5 Å². The van der Waals surface area contributed by atoms with Crippen LogP contribution in [0.15, 0.2) is 29.1 Å². The van der Waals surface area contributed by atoms with E-state index in [0.717, 1.165) is 5.56 Å². The fourth-order valence-electron chi connectivity index (χ4n) is 2.04. The minimum atomic E-state index is -1.30. The first-order valence-corrected chi connectivity index (χ1v) is 6.48. The third-order valence-corrected chi connectivity index (χ3v) is 3.27. The lowest BCUT2D eigenvalue weighted by molar-refractivity contribution is 0.0685. The van der Waals surface area contributed by atoms with Crippen LogP contribution in [0.3, 0.4) is 0 Å². The van der Waals surface area contributed by atoms with Crippen molar-refractivity contribution in [2.45, 2.75) is 6.42 Å². The Kier molecular flexibility index (Phi) is 4.45. The number of aromatic carboxylic acids is 1. The molecule has 2 rings (SSSR count). The second-order valence-electron chi connectivity index (χ2n) is 4.60. The summed E-state index contributed by atoms with van der Waals surface area (Å²) in [4.78, 5) is 27.4.